The minimum atomic E-state index is 0.480. The fourth-order valence-electron chi connectivity index (χ4n) is 3.08. The molecule has 100 valence electrons. The highest BCUT2D eigenvalue weighted by Gasteiger charge is 2.22. The third-order valence-corrected chi connectivity index (χ3v) is 4.25. The second-order valence-electron chi connectivity index (χ2n) is 5.85. The number of nitrogens with zero attached hydrogens (tertiary/aromatic N) is 1. The number of ether oxygens (including phenoxy) is 1. The van der Waals surface area contributed by atoms with Gasteiger partial charge in [0.25, 0.3) is 0 Å². The van der Waals surface area contributed by atoms with Crippen molar-refractivity contribution in [1.29, 1.82) is 0 Å². The molecule has 17 heavy (non-hydrogen) atoms. The molecule has 2 fully saturated rings. The highest BCUT2D eigenvalue weighted by atomic mass is 16.5. The van der Waals surface area contributed by atoms with Gasteiger partial charge >= 0.3 is 0 Å². The first-order valence-electron chi connectivity index (χ1n) is 7.32. The van der Waals surface area contributed by atoms with E-state index in [4.69, 9.17) is 4.74 Å². The van der Waals surface area contributed by atoms with Gasteiger partial charge in [-0.05, 0) is 45.1 Å². The van der Waals surface area contributed by atoms with Crippen LogP contribution in [0, 0.1) is 5.92 Å². The van der Waals surface area contributed by atoms with Crippen LogP contribution in [0.5, 0.6) is 0 Å². The Morgan fingerprint density at radius 2 is 2.18 bits per heavy atom. The highest BCUT2D eigenvalue weighted by Crippen LogP contribution is 2.21. The maximum Gasteiger partial charge on any atom is 0.0700 e. The van der Waals surface area contributed by atoms with Crippen molar-refractivity contribution in [3.8, 4) is 0 Å². The average Bonchev–Trinajstić information content (AvgIpc) is 2.79. The van der Waals surface area contributed by atoms with Crippen molar-refractivity contribution in [1.82, 2.24) is 10.2 Å². The molecule has 3 nitrogen and oxygen atoms in total. The maximum atomic E-state index is 5.60. The molecule has 2 aliphatic rings. The largest absolute Gasteiger partial charge is 0.377 e. The first kappa shape index (κ1) is 13.3. The van der Waals surface area contributed by atoms with E-state index in [-0.39, 0.29) is 0 Å². The molecule has 2 heterocycles. The van der Waals surface area contributed by atoms with E-state index in [0.717, 1.165) is 31.7 Å². The average molecular weight is 240 g/mol. The summed E-state index contributed by atoms with van der Waals surface area (Å²) in [5.41, 5.74) is 0. The monoisotopic (exact) mass is 240 g/mol. The molecule has 0 bridgehead atoms. The van der Waals surface area contributed by atoms with Gasteiger partial charge in [0, 0.05) is 32.3 Å². The fraction of sp³-hybridized carbons (Fsp3) is 1.00. The Kier molecular flexibility index (Phi) is 5.26. The second kappa shape index (κ2) is 6.72. The Labute approximate surface area is 106 Å². The normalized spacial score (nSPS) is 35.3. The topological polar surface area (TPSA) is 24.5 Å². The van der Waals surface area contributed by atoms with Gasteiger partial charge in [0.05, 0.1) is 6.10 Å². The Hall–Kier alpha value is -0.120. The maximum absolute atomic E-state index is 5.60. The number of nitrogens with one attached hydrogen (secondary N) is 1. The number of piperidine rings is 1. The van der Waals surface area contributed by atoms with Crippen LogP contribution in [-0.2, 0) is 4.74 Å². The lowest BCUT2D eigenvalue weighted by molar-refractivity contribution is 0.104. The van der Waals surface area contributed by atoms with Crippen LogP contribution in [-0.4, -0.2) is 49.8 Å². The first-order chi connectivity index (χ1) is 8.25. The van der Waals surface area contributed by atoms with Gasteiger partial charge in [-0.3, -0.25) is 4.90 Å². The highest BCUT2D eigenvalue weighted by molar-refractivity contribution is 4.77. The summed E-state index contributed by atoms with van der Waals surface area (Å²) >= 11 is 0. The van der Waals surface area contributed by atoms with Crippen molar-refractivity contribution < 1.29 is 4.74 Å². The quantitative estimate of drug-likeness (QED) is 0.743. The predicted molar refractivity (Wildman–Crippen MR) is 71.3 cm³/mol. The van der Waals surface area contributed by atoms with Gasteiger partial charge in [-0.25, -0.2) is 0 Å². The molecule has 2 rings (SSSR count). The molecule has 2 aliphatic heterocycles. The molecule has 0 radical (unpaired) electrons. The molecule has 3 heteroatoms. The summed E-state index contributed by atoms with van der Waals surface area (Å²) in [6.07, 6.45) is 5.70. The second-order valence-corrected chi connectivity index (χ2v) is 5.85. The summed E-state index contributed by atoms with van der Waals surface area (Å²) in [5, 5.41) is 3.54. The van der Waals surface area contributed by atoms with Crippen molar-refractivity contribution in [2.24, 2.45) is 5.92 Å². The summed E-state index contributed by atoms with van der Waals surface area (Å²) in [6.45, 7) is 10.3. The van der Waals surface area contributed by atoms with Gasteiger partial charge < -0.3 is 10.1 Å². The molecule has 0 aliphatic carbocycles. The molecule has 0 spiro atoms. The Morgan fingerprint density at radius 3 is 2.88 bits per heavy atom. The standard InChI is InChI=1S/C14H28N2O/c1-12-5-7-16(13(2)10-12)8-6-15-11-14-4-3-9-17-14/h12-15H,3-11H2,1-2H3. The smallest absolute Gasteiger partial charge is 0.0700 e. The van der Waals surface area contributed by atoms with Gasteiger partial charge in [0.1, 0.15) is 0 Å². The summed E-state index contributed by atoms with van der Waals surface area (Å²) < 4.78 is 5.60. The Morgan fingerprint density at radius 1 is 1.29 bits per heavy atom. The molecule has 1 N–H and O–H groups in total. The van der Waals surface area contributed by atoms with Crippen LogP contribution in [0.2, 0.25) is 0 Å². The summed E-state index contributed by atoms with van der Waals surface area (Å²) in [5.74, 6) is 0.918. The van der Waals surface area contributed by atoms with Gasteiger partial charge in [-0.15, -0.1) is 0 Å². The molecule has 3 atom stereocenters. The Balaban J connectivity index is 1.55. The molecular formula is C14H28N2O. The molecule has 3 unspecified atom stereocenters. The predicted octanol–water partition coefficient (Wildman–Crippen LogP) is 1.88. The Bertz CT molecular complexity index is 216. The van der Waals surface area contributed by atoms with E-state index in [2.05, 4.69) is 24.1 Å². The van der Waals surface area contributed by atoms with Gasteiger partial charge in [0.2, 0.25) is 0 Å². The summed E-state index contributed by atoms with van der Waals surface area (Å²) in [4.78, 5) is 2.63. The zero-order chi connectivity index (χ0) is 12.1. The van der Waals surface area contributed by atoms with E-state index in [1.807, 2.05) is 0 Å². The lowest BCUT2D eigenvalue weighted by Gasteiger charge is -2.36. The van der Waals surface area contributed by atoms with Crippen LogP contribution in [0.3, 0.4) is 0 Å². The molecule has 0 saturated carbocycles. The van der Waals surface area contributed by atoms with Crippen molar-refractivity contribution in [3.05, 3.63) is 0 Å². The SMILES string of the molecule is CC1CCN(CCNCC2CCCO2)C(C)C1. The molecule has 2 saturated heterocycles. The van der Waals surface area contributed by atoms with E-state index < -0.39 is 0 Å². The van der Waals surface area contributed by atoms with Crippen LogP contribution in [0.15, 0.2) is 0 Å². The lowest BCUT2D eigenvalue weighted by atomic mass is 9.93. The van der Waals surface area contributed by atoms with Crippen molar-refractivity contribution in [2.45, 2.75) is 51.7 Å². The van der Waals surface area contributed by atoms with Crippen LogP contribution < -0.4 is 5.32 Å². The number of likely N-dealkylation sites (tertiary alicyclic amines) is 1. The van der Waals surface area contributed by atoms with Gasteiger partial charge in [-0.2, -0.15) is 0 Å². The number of hydrogen-bond acceptors (Lipinski definition) is 3. The van der Waals surface area contributed by atoms with E-state index in [1.54, 1.807) is 0 Å². The molecule has 0 aromatic rings. The summed E-state index contributed by atoms with van der Waals surface area (Å²) in [7, 11) is 0. The van der Waals surface area contributed by atoms with Crippen molar-refractivity contribution in [2.75, 3.05) is 32.8 Å². The van der Waals surface area contributed by atoms with Crippen LogP contribution in [0.25, 0.3) is 0 Å². The van der Waals surface area contributed by atoms with Gasteiger partial charge in [0.15, 0.2) is 0 Å². The number of hydrogen-bond donors (Lipinski definition) is 1. The van der Waals surface area contributed by atoms with Gasteiger partial charge in [-0.1, -0.05) is 6.92 Å². The van der Waals surface area contributed by atoms with Crippen molar-refractivity contribution >= 4 is 0 Å². The van der Waals surface area contributed by atoms with Crippen LogP contribution in [0.1, 0.15) is 39.5 Å². The van der Waals surface area contributed by atoms with Crippen LogP contribution in [0.4, 0.5) is 0 Å². The molecule has 0 amide bonds. The van der Waals surface area contributed by atoms with Crippen molar-refractivity contribution in [3.63, 3.8) is 0 Å². The third-order valence-electron chi connectivity index (χ3n) is 4.25. The summed E-state index contributed by atoms with van der Waals surface area (Å²) in [6, 6.07) is 0.767. The van der Waals surface area contributed by atoms with E-state index in [0.29, 0.717) is 6.10 Å². The molecule has 0 aromatic carbocycles. The molecular weight excluding hydrogens is 212 g/mol. The lowest BCUT2D eigenvalue weighted by Crippen LogP contribution is -2.44. The minimum Gasteiger partial charge on any atom is -0.377 e. The van der Waals surface area contributed by atoms with Crippen LogP contribution >= 0.6 is 0 Å². The third kappa shape index (κ3) is 4.23. The van der Waals surface area contributed by atoms with E-state index in [1.165, 1.54) is 38.8 Å². The first-order valence-corrected chi connectivity index (χ1v) is 7.32. The number of rotatable bonds is 5. The fourth-order valence-corrected chi connectivity index (χ4v) is 3.08. The zero-order valence-electron chi connectivity index (χ0n) is 11.5. The molecule has 0 aromatic heterocycles. The zero-order valence-corrected chi connectivity index (χ0v) is 11.5. The van der Waals surface area contributed by atoms with E-state index in [9.17, 15) is 0 Å². The minimum absolute atomic E-state index is 0.480. The van der Waals surface area contributed by atoms with E-state index >= 15 is 0 Å².